The Bertz CT molecular complexity index is 1140. The number of carboxylic acids is 1. The molecule has 0 bridgehead atoms. The predicted octanol–water partition coefficient (Wildman–Crippen LogP) is 13.0. The first kappa shape index (κ1) is 58.3. The van der Waals surface area contributed by atoms with Crippen LogP contribution in [0.3, 0.4) is 0 Å². The molecular formula is C53H95NO7. The summed E-state index contributed by atoms with van der Waals surface area (Å²) in [5, 5.41) is 11.7. The zero-order valence-corrected chi connectivity index (χ0v) is 40.3. The van der Waals surface area contributed by atoms with Gasteiger partial charge in [-0.2, -0.15) is 0 Å². The largest absolute Gasteiger partial charge is 0.544 e. The van der Waals surface area contributed by atoms with Gasteiger partial charge in [0.1, 0.15) is 12.6 Å². The number of hydrogen-bond acceptors (Lipinski definition) is 7. The molecule has 0 aromatic heterocycles. The molecule has 0 aromatic rings. The van der Waals surface area contributed by atoms with E-state index >= 15 is 0 Å². The van der Waals surface area contributed by atoms with E-state index in [9.17, 15) is 19.5 Å². The van der Waals surface area contributed by atoms with Crippen LogP contribution in [0.1, 0.15) is 219 Å². The summed E-state index contributed by atoms with van der Waals surface area (Å²) in [5.74, 6) is -1.74. The molecular weight excluding hydrogens is 763 g/mol. The number of allylic oxidation sites excluding steroid dienone is 8. The zero-order valence-electron chi connectivity index (χ0n) is 40.3. The highest BCUT2D eigenvalue weighted by Gasteiger charge is 2.25. The summed E-state index contributed by atoms with van der Waals surface area (Å²) in [4.78, 5) is 37.0. The smallest absolute Gasteiger partial charge is 0.306 e. The van der Waals surface area contributed by atoms with Gasteiger partial charge in [0.15, 0.2) is 6.10 Å². The topological polar surface area (TPSA) is 102 Å². The number of likely N-dealkylation sites (N-methyl/N-ethyl adjacent to an activating group) is 1. The molecule has 0 saturated heterocycles. The number of rotatable bonds is 45. The van der Waals surface area contributed by atoms with E-state index < -0.39 is 18.1 Å². The Morgan fingerprint density at radius 2 is 0.918 bits per heavy atom. The van der Waals surface area contributed by atoms with Gasteiger partial charge in [0.25, 0.3) is 0 Å². The summed E-state index contributed by atoms with van der Waals surface area (Å²) in [6.07, 6.45) is 52.8. The highest BCUT2D eigenvalue weighted by Crippen LogP contribution is 2.15. The van der Waals surface area contributed by atoms with Gasteiger partial charge >= 0.3 is 11.9 Å². The second-order valence-electron chi connectivity index (χ2n) is 18.0. The number of carbonyl (C=O) groups is 3. The minimum atomic E-state index is -1.13. The Morgan fingerprint density at radius 3 is 1.38 bits per heavy atom. The Kier molecular flexibility index (Phi) is 42.0. The van der Waals surface area contributed by atoms with E-state index in [1.54, 1.807) is 21.1 Å². The minimum absolute atomic E-state index is 0.0384. The maximum Gasteiger partial charge on any atom is 0.306 e. The third-order valence-corrected chi connectivity index (χ3v) is 11.2. The van der Waals surface area contributed by atoms with Gasteiger partial charge in [-0.1, -0.05) is 178 Å². The fourth-order valence-corrected chi connectivity index (χ4v) is 7.32. The molecule has 354 valence electrons. The quantitative estimate of drug-likeness (QED) is 0.0260. The molecule has 0 fully saturated rings. The second-order valence-corrected chi connectivity index (χ2v) is 18.0. The van der Waals surface area contributed by atoms with Crippen molar-refractivity contribution in [3.8, 4) is 0 Å². The highest BCUT2D eigenvalue weighted by atomic mass is 16.6. The maximum atomic E-state index is 12.8. The van der Waals surface area contributed by atoms with E-state index in [0.29, 0.717) is 12.8 Å². The summed E-state index contributed by atoms with van der Waals surface area (Å²) in [6.45, 7) is 4.56. The van der Waals surface area contributed by atoms with Crippen LogP contribution >= 0.6 is 0 Å². The molecule has 2 unspecified atom stereocenters. The van der Waals surface area contributed by atoms with Gasteiger partial charge in [0, 0.05) is 19.3 Å². The molecule has 0 amide bonds. The monoisotopic (exact) mass is 858 g/mol. The van der Waals surface area contributed by atoms with Crippen LogP contribution in [-0.4, -0.2) is 75.5 Å². The van der Waals surface area contributed by atoms with Gasteiger partial charge in [-0.3, -0.25) is 9.59 Å². The normalized spacial score (nSPS) is 13.3. The molecule has 0 N–H and O–H groups in total. The van der Waals surface area contributed by atoms with Gasteiger partial charge in [-0.05, 0) is 70.6 Å². The Hall–Kier alpha value is -2.71. The van der Waals surface area contributed by atoms with E-state index in [2.05, 4.69) is 62.5 Å². The van der Waals surface area contributed by atoms with E-state index in [1.165, 1.54) is 128 Å². The van der Waals surface area contributed by atoms with Gasteiger partial charge in [-0.15, -0.1) is 0 Å². The summed E-state index contributed by atoms with van der Waals surface area (Å²) in [5.41, 5.74) is 0. The van der Waals surface area contributed by atoms with Crippen LogP contribution in [0, 0.1) is 0 Å². The van der Waals surface area contributed by atoms with Gasteiger partial charge in [0.05, 0.1) is 40.3 Å². The number of aliphatic carboxylic acids is 1. The molecule has 0 radical (unpaired) electrons. The van der Waals surface area contributed by atoms with Crippen LogP contribution in [-0.2, 0) is 28.6 Å². The van der Waals surface area contributed by atoms with Crippen molar-refractivity contribution in [2.75, 3.05) is 41.0 Å². The minimum Gasteiger partial charge on any atom is -0.544 e. The van der Waals surface area contributed by atoms with Crippen molar-refractivity contribution in [2.24, 2.45) is 0 Å². The fraction of sp³-hybridized carbons (Fsp3) is 0.792. The Morgan fingerprint density at radius 1 is 0.508 bits per heavy atom. The van der Waals surface area contributed by atoms with Crippen molar-refractivity contribution in [1.29, 1.82) is 0 Å². The molecule has 0 aliphatic rings. The first-order valence-electron chi connectivity index (χ1n) is 25.2. The average molecular weight is 858 g/mol. The lowest BCUT2D eigenvalue weighted by molar-refractivity contribution is -0.889. The lowest BCUT2D eigenvalue weighted by atomic mass is 10.1. The van der Waals surface area contributed by atoms with Crippen molar-refractivity contribution in [1.82, 2.24) is 0 Å². The average Bonchev–Trinajstić information content (AvgIpc) is 3.22. The number of esters is 2. The number of ether oxygens (including phenoxy) is 3. The molecule has 0 aromatic carbocycles. The van der Waals surface area contributed by atoms with E-state index in [0.717, 1.165) is 57.8 Å². The van der Waals surface area contributed by atoms with Crippen LogP contribution in [0.4, 0.5) is 0 Å². The highest BCUT2D eigenvalue weighted by molar-refractivity contribution is 5.70. The number of unbranched alkanes of at least 4 members (excludes halogenated alkanes) is 23. The summed E-state index contributed by atoms with van der Waals surface area (Å²) < 4.78 is 17.2. The van der Waals surface area contributed by atoms with Crippen LogP contribution in [0.25, 0.3) is 0 Å². The number of carbonyl (C=O) groups excluding carboxylic acids is 3. The van der Waals surface area contributed by atoms with Gasteiger partial charge < -0.3 is 28.6 Å². The zero-order chi connectivity index (χ0) is 44.9. The van der Waals surface area contributed by atoms with E-state index in [-0.39, 0.29) is 42.7 Å². The molecule has 0 heterocycles. The molecule has 8 heteroatoms. The Balaban J connectivity index is 4.25. The molecule has 0 rings (SSSR count). The van der Waals surface area contributed by atoms with Crippen LogP contribution in [0.2, 0.25) is 0 Å². The Labute approximate surface area is 376 Å². The number of hydrogen-bond donors (Lipinski definition) is 0. The standard InChI is InChI=1S/C53H95NO7/c1-6-8-10-12-14-16-18-20-22-24-25-26-28-29-31-33-35-37-39-41-43-51(55)60-48-49(47-59-46-45-50(53(57)58)54(3,4)5)61-52(56)44-42-40-38-36-34-32-30-27-23-21-19-17-15-13-11-9-7-2/h8,10,14,16,20-23,49-50H,6-7,9,11-13,15,17-19,24-48H2,1-5H3/b10-8+,16-14+,22-20+,23-21+. The molecule has 8 nitrogen and oxygen atoms in total. The van der Waals surface area contributed by atoms with Gasteiger partial charge in [-0.25, -0.2) is 0 Å². The van der Waals surface area contributed by atoms with E-state index in [1.807, 2.05) is 0 Å². The summed E-state index contributed by atoms with van der Waals surface area (Å²) >= 11 is 0. The number of carboxylic acid groups (broad SMARTS) is 1. The van der Waals surface area contributed by atoms with Crippen molar-refractivity contribution < 1.29 is 38.2 Å². The van der Waals surface area contributed by atoms with Crippen LogP contribution < -0.4 is 5.11 Å². The van der Waals surface area contributed by atoms with Crippen molar-refractivity contribution >= 4 is 17.9 Å². The molecule has 61 heavy (non-hydrogen) atoms. The van der Waals surface area contributed by atoms with Gasteiger partial charge in [0.2, 0.25) is 0 Å². The second kappa shape index (κ2) is 43.9. The molecule has 0 spiro atoms. The molecule has 2 atom stereocenters. The lowest BCUT2D eigenvalue weighted by Gasteiger charge is -2.34. The molecule has 0 saturated carbocycles. The number of nitrogens with zero attached hydrogens (tertiary/aromatic N) is 1. The fourth-order valence-electron chi connectivity index (χ4n) is 7.32. The van der Waals surface area contributed by atoms with Crippen molar-refractivity contribution in [2.45, 2.75) is 231 Å². The number of quaternary nitrogens is 1. The SMILES string of the molecule is CC/C=C/C/C=C/C/C=C/CCCCCCCCCCCCC(=O)OCC(COCCC(C(=O)[O-])[N+](C)(C)C)OC(=O)CCCCCCCCC/C=C/CCCCCCCC. The predicted molar refractivity (Wildman–Crippen MR) is 254 cm³/mol. The molecule has 0 aliphatic carbocycles. The summed E-state index contributed by atoms with van der Waals surface area (Å²) in [7, 11) is 5.41. The lowest BCUT2D eigenvalue weighted by Crippen LogP contribution is -2.55. The first-order valence-corrected chi connectivity index (χ1v) is 25.2. The van der Waals surface area contributed by atoms with E-state index in [4.69, 9.17) is 14.2 Å². The van der Waals surface area contributed by atoms with Crippen molar-refractivity contribution in [3.05, 3.63) is 48.6 Å². The summed E-state index contributed by atoms with van der Waals surface area (Å²) in [6, 6.07) is -0.727. The van der Waals surface area contributed by atoms with Crippen LogP contribution in [0.5, 0.6) is 0 Å². The van der Waals surface area contributed by atoms with Crippen molar-refractivity contribution in [3.63, 3.8) is 0 Å². The maximum absolute atomic E-state index is 12.8. The first-order chi connectivity index (χ1) is 29.6. The molecule has 0 aliphatic heterocycles. The third-order valence-electron chi connectivity index (χ3n) is 11.2. The third kappa shape index (κ3) is 42.4. The van der Waals surface area contributed by atoms with Crippen LogP contribution in [0.15, 0.2) is 48.6 Å².